The van der Waals surface area contributed by atoms with Gasteiger partial charge in [-0.3, -0.25) is 4.98 Å². The molecule has 1 atom stereocenters. The molecule has 1 unspecified atom stereocenters. The molecule has 0 amide bonds. The average Bonchev–Trinajstić information content (AvgIpc) is 2.78. The van der Waals surface area contributed by atoms with Crippen LogP contribution in [0.25, 0.3) is 0 Å². The van der Waals surface area contributed by atoms with Crippen molar-refractivity contribution in [2.75, 3.05) is 7.05 Å². The van der Waals surface area contributed by atoms with E-state index in [-0.39, 0.29) is 11.9 Å². The van der Waals surface area contributed by atoms with E-state index in [9.17, 15) is 4.39 Å². The number of nitrogens with one attached hydrogen (secondary N) is 1. The van der Waals surface area contributed by atoms with E-state index in [1.807, 2.05) is 18.5 Å². The number of likely N-dealkylation sites (N-methyl/N-ethyl adjacent to an activating group) is 1. The Balaban J connectivity index is 2.16. The highest BCUT2D eigenvalue weighted by atomic mass is 32.1. The second-order valence-electron chi connectivity index (χ2n) is 3.56. The minimum absolute atomic E-state index is 0.113. The smallest absolute Gasteiger partial charge is 0.141 e. The van der Waals surface area contributed by atoms with E-state index < -0.39 is 0 Å². The van der Waals surface area contributed by atoms with Crippen LogP contribution in [0.3, 0.4) is 0 Å². The summed E-state index contributed by atoms with van der Waals surface area (Å²) in [6, 6.07) is 5.75. The number of halogens is 1. The van der Waals surface area contributed by atoms with Gasteiger partial charge in [0.2, 0.25) is 0 Å². The van der Waals surface area contributed by atoms with Crippen molar-refractivity contribution >= 4 is 11.3 Å². The van der Waals surface area contributed by atoms with Gasteiger partial charge in [0, 0.05) is 23.5 Å². The van der Waals surface area contributed by atoms with Crippen LogP contribution in [0.15, 0.2) is 36.0 Å². The highest BCUT2D eigenvalue weighted by molar-refractivity contribution is 7.09. The van der Waals surface area contributed by atoms with Crippen LogP contribution in [-0.2, 0) is 6.42 Å². The van der Waals surface area contributed by atoms with Crippen molar-refractivity contribution in [2.45, 2.75) is 12.5 Å². The van der Waals surface area contributed by atoms with E-state index in [1.54, 1.807) is 17.5 Å². The predicted octanol–water partition coefficient (Wildman–Crippen LogP) is 2.79. The molecule has 0 aliphatic carbocycles. The fourth-order valence-corrected chi connectivity index (χ4v) is 2.39. The van der Waals surface area contributed by atoms with E-state index in [0.29, 0.717) is 0 Å². The van der Waals surface area contributed by atoms with E-state index in [1.165, 1.54) is 17.1 Å². The highest BCUT2D eigenvalue weighted by Gasteiger charge is 2.11. The SMILES string of the molecule is CNC(Cc1cccs1)c1cncc(F)c1. The molecule has 0 spiro atoms. The third-order valence-corrected chi connectivity index (χ3v) is 3.36. The molecule has 84 valence electrons. The number of pyridine rings is 1. The van der Waals surface area contributed by atoms with E-state index in [0.717, 1.165) is 12.0 Å². The zero-order valence-electron chi connectivity index (χ0n) is 8.98. The normalized spacial score (nSPS) is 12.6. The molecule has 16 heavy (non-hydrogen) atoms. The van der Waals surface area contributed by atoms with Crippen LogP contribution in [-0.4, -0.2) is 12.0 Å². The zero-order valence-corrected chi connectivity index (χ0v) is 9.80. The molecule has 0 aliphatic rings. The largest absolute Gasteiger partial charge is 0.313 e. The summed E-state index contributed by atoms with van der Waals surface area (Å²) in [5.41, 5.74) is 0.885. The van der Waals surface area contributed by atoms with Gasteiger partial charge in [0.05, 0.1) is 6.20 Å². The molecule has 0 saturated carbocycles. The van der Waals surface area contributed by atoms with E-state index >= 15 is 0 Å². The lowest BCUT2D eigenvalue weighted by molar-refractivity contribution is 0.575. The van der Waals surface area contributed by atoms with E-state index in [2.05, 4.69) is 16.4 Å². The molecule has 2 aromatic heterocycles. The van der Waals surface area contributed by atoms with Crippen molar-refractivity contribution in [1.82, 2.24) is 10.3 Å². The Labute approximate surface area is 98.2 Å². The summed E-state index contributed by atoms with van der Waals surface area (Å²) in [5, 5.41) is 5.23. The maximum absolute atomic E-state index is 13.1. The van der Waals surface area contributed by atoms with Crippen molar-refractivity contribution in [3.05, 3.63) is 52.2 Å². The molecule has 2 rings (SSSR count). The number of thiophene rings is 1. The summed E-state index contributed by atoms with van der Waals surface area (Å²) >= 11 is 1.71. The molecule has 2 heterocycles. The third-order valence-electron chi connectivity index (χ3n) is 2.46. The lowest BCUT2D eigenvalue weighted by Gasteiger charge is -2.15. The first-order valence-corrected chi connectivity index (χ1v) is 5.97. The van der Waals surface area contributed by atoms with Crippen LogP contribution in [0.4, 0.5) is 4.39 Å². The summed E-state index contributed by atoms with van der Waals surface area (Å²) in [4.78, 5) is 5.15. The Morgan fingerprint density at radius 1 is 1.50 bits per heavy atom. The van der Waals surface area contributed by atoms with Gasteiger partial charge in [-0.2, -0.15) is 0 Å². The minimum atomic E-state index is -0.288. The molecule has 2 aromatic rings. The summed E-state index contributed by atoms with van der Waals surface area (Å²) in [5.74, 6) is -0.288. The number of hydrogen-bond acceptors (Lipinski definition) is 3. The Morgan fingerprint density at radius 3 is 3.00 bits per heavy atom. The first-order chi connectivity index (χ1) is 7.79. The van der Waals surface area contributed by atoms with Gasteiger partial charge >= 0.3 is 0 Å². The molecule has 2 nitrogen and oxygen atoms in total. The quantitative estimate of drug-likeness (QED) is 0.883. The van der Waals surface area contributed by atoms with Crippen molar-refractivity contribution in [2.24, 2.45) is 0 Å². The van der Waals surface area contributed by atoms with Crippen LogP contribution in [0.2, 0.25) is 0 Å². The standard InChI is InChI=1S/C12H13FN2S/c1-14-12(6-11-3-2-4-16-11)9-5-10(13)8-15-7-9/h2-5,7-8,12,14H,6H2,1H3. The second-order valence-corrected chi connectivity index (χ2v) is 4.59. The topological polar surface area (TPSA) is 24.9 Å². The van der Waals surface area contributed by atoms with Crippen molar-refractivity contribution in [3.63, 3.8) is 0 Å². The Kier molecular flexibility index (Phi) is 3.64. The maximum Gasteiger partial charge on any atom is 0.141 e. The van der Waals surface area contributed by atoms with Gasteiger partial charge in [0.1, 0.15) is 5.82 Å². The van der Waals surface area contributed by atoms with Crippen LogP contribution in [0.5, 0.6) is 0 Å². The van der Waals surface area contributed by atoms with Gasteiger partial charge in [-0.05, 0) is 30.1 Å². The lowest BCUT2D eigenvalue weighted by atomic mass is 10.1. The molecule has 0 bridgehead atoms. The molecular weight excluding hydrogens is 223 g/mol. The number of nitrogens with zero attached hydrogens (tertiary/aromatic N) is 1. The van der Waals surface area contributed by atoms with E-state index in [4.69, 9.17) is 0 Å². The lowest BCUT2D eigenvalue weighted by Crippen LogP contribution is -2.18. The summed E-state index contributed by atoms with van der Waals surface area (Å²) in [6.45, 7) is 0. The van der Waals surface area contributed by atoms with Crippen LogP contribution >= 0.6 is 11.3 Å². The van der Waals surface area contributed by atoms with Crippen molar-refractivity contribution in [3.8, 4) is 0 Å². The zero-order chi connectivity index (χ0) is 11.4. The summed E-state index contributed by atoms with van der Waals surface area (Å²) < 4.78 is 13.1. The van der Waals surface area contributed by atoms with Crippen LogP contribution in [0.1, 0.15) is 16.5 Å². The molecule has 1 N–H and O–H groups in total. The highest BCUT2D eigenvalue weighted by Crippen LogP contribution is 2.20. The maximum atomic E-state index is 13.1. The van der Waals surface area contributed by atoms with Crippen LogP contribution in [0, 0.1) is 5.82 Å². The van der Waals surface area contributed by atoms with Gasteiger partial charge in [-0.25, -0.2) is 4.39 Å². The van der Waals surface area contributed by atoms with Gasteiger partial charge < -0.3 is 5.32 Å². The number of rotatable bonds is 4. The monoisotopic (exact) mass is 236 g/mol. The molecule has 0 saturated heterocycles. The summed E-state index contributed by atoms with van der Waals surface area (Å²) in [7, 11) is 1.88. The van der Waals surface area contributed by atoms with Crippen molar-refractivity contribution < 1.29 is 4.39 Å². The molecule has 0 fully saturated rings. The van der Waals surface area contributed by atoms with Crippen molar-refractivity contribution in [1.29, 1.82) is 0 Å². The molecule has 0 aromatic carbocycles. The minimum Gasteiger partial charge on any atom is -0.313 e. The molecule has 0 radical (unpaired) electrons. The first kappa shape index (κ1) is 11.2. The summed E-state index contributed by atoms with van der Waals surface area (Å²) in [6.07, 6.45) is 3.79. The fraction of sp³-hybridized carbons (Fsp3) is 0.250. The molecular formula is C12H13FN2S. The predicted molar refractivity (Wildman–Crippen MR) is 64.0 cm³/mol. The second kappa shape index (κ2) is 5.18. The Hall–Kier alpha value is -1.26. The fourth-order valence-electron chi connectivity index (χ4n) is 1.64. The number of aromatic nitrogens is 1. The molecule has 0 aliphatic heterocycles. The van der Waals surface area contributed by atoms with Gasteiger partial charge in [0.25, 0.3) is 0 Å². The van der Waals surface area contributed by atoms with Gasteiger partial charge in [-0.15, -0.1) is 11.3 Å². The molecule has 4 heteroatoms. The number of hydrogen-bond donors (Lipinski definition) is 1. The Morgan fingerprint density at radius 2 is 2.38 bits per heavy atom. The Bertz CT molecular complexity index is 442. The average molecular weight is 236 g/mol. The van der Waals surface area contributed by atoms with Gasteiger partial charge in [0.15, 0.2) is 0 Å². The van der Waals surface area contributed by atoms with Crippen LogP contribution < -0.4 is 5.32 Å². The van der Waals surface area contributed by atoms with Gasteiger partial charge in [-0.1, -0.05) is 6.07 Å². The third kappa shape index (κ3) is 2.65. The first-order valence-electron chi connectivity index (χ1n) is 5.09.